The Bertz CT molecular complexity index is 1480. The standard InChI is InChI=1S/C30H33N3O7/c1-32(2)19-10-11-20(34)22-17(19)12-16-13-18-24(33(3)4)26(40-14-15-8-6-5-7-9-15)23(29(31)38)28(37)30(18,39)27(36)21(16)25(22)35/h5-11,16,18,24,34-35,39H,12-14H2,1-4H3,(H2,31,38). The topological polar surface area (TPSA) is 154 Å². The number of aliphatic hydroxyl groups excluding tert-OH is 1. The van der Waals surface area contributed by atoms with E-state index in [-0.39, 0.29) is 42.1 Å². The molecule has 0 bridgehead atoms. The summed E-state index contributed by atoms with van der Waals surface area (Å²) in [6, 6.07) is 11.5. The molecule has 5 N–H and O–H groups in total. The number of primary amides is 1. The van der Waals surface area contributed by atoms with Gasteiger partial charge >= 0.3 is 0 Å². The SMILES string of the molecule is CN(C)c1ccc(O)c2c1CC1CC3C(N(C)C)C(OCc4ccccc4)=C(C(N)=O)C(=O)C3(O)C(=O)C1=C2O. The number of carbonyl (C=O) groups excluding carboxylic acids is 3. The highest BCUT2D eigenvalue weighted by atomic mass is 16.5. The number of likely N-dealkylation sites (N-methyl/N-ethyl adjacent to an activating group) is 1. The molecular formula is C30H33N3O7. The summed E-state index contributed by atoms with van der Waals surface area (Å²) in [5, 5.41) is 33.9. The largest absolute Gasteiger partial charge is 0.507 e. The number of amides is 1. The van der Waals surface area contributed by atoms with Crippen LogP contribution in [0.15, 0.2) is 59.4 Å². The van der Waals surface area contributed by atoms with E-state index in [1.165, 1.54) is 6.07 Å². The smallest absolute Gasteiger partial charge is 0.255 e. The van der Waals surface area contributed by atoms with Gasteiger partial charge in [0.05, 0.1) is 11.6 Å². The van der Waals surface area contributed by atoms with Crippen LogP contribution < -0.4 is 10.6 Å². The van der Waals surface area contributed by atoms with Crippen LogP contribution in [0.25, 0.3) is 5.76 Å². The van der Waals surface area contributed by atoms with Crippen LogP contribution in [-0.4, -0.2) is 77.5 Å². The molecule has 40 heavy (non-hydrogen) atoms. The fraction of sp³-hybridized carbons (Fsp3) is 0.367. The lowest BCUT2D eigenvalue weighted by Gasteiger charge is -2.50. The normalized spacial score (nSPS) is 25.9. The molecule has 1 saturated carbocycles. The molecule has 0 spiro atoms. The molecule has 2 aromatic carbocycles. The van der Waals surface area contributed by atoms with Gasteiger partial charge in [-0.05, 0) is 56.1 Å². The second-order valence-electron chi connectivity index (χ2n) is 11.1. The maximum Gasteiger partial charge on any atom is 0.255 e. The molecule has 3 aliphatic rings. The van der Waals surface area contributed by atoms with E-state index in [4.69, 9.17) is 10.5 Å². The van der Waals surface area contributed by atoms with Crippen LogP contribution in [0.1, 0.15) is 23.1 Å². The zero-order valence-electron chi connectivity index (χ0n) is 22.8. The molecule has 0 saturated heterocycles. The van der Waals surface area contributed by atoms with Gasteiger partial charge in [-0.25, -0.2) is 0 Å². The molecule has 4 atom stereocenters. The average molecular weight is 548 g/mol. The quantitative estimate of drug-likeness (QED) is 0.312. The number of aliphatic hydroxyl groups is 2. The summed E-state index contributed by atoms with van der Waals surface area (Å²) >= 11 is 0. The van der Waals surface area contributed by atoms with Gasteiger partial charge in [-0.2, -0.15) is 0 Å². The minimum Gasteiger partial charge on any atom is -0.507 e. The van der Waals surface area contributed by atoms with Gasteiger partial charge < -0.3 is 30.7 Å². The van der Waals surface area contributed by atoms with Crippen molar-refractivity contribution in [1.29, 1.82) is 0 Å². The van der Waals surface area contributed by atoms with E-state index in [0.29, 0.717) is 5.56 Å². The average Bonchev–Trinajstić information content (AvgIpc) is 2.89. The number of Topliss-reactive ketones (excluding diaryl/α,β-unsaturated/α-hetero) is 2. The van der Waals surface area contributed by atoms with E-state index in [1.807, 2.05) is 49.3 Å². The summed E-state index contributed by atoms with van der Waals surface area (Å²) in [6.07, 6.45) is 0.415. The lowest BCUT2D eigenvalue weighted by atomic mass is 9.57. The van der Waals surface area contributed by atoms with E-state index < -0.39 is 52.3 Å². The molecule has 0 aromatic heterocycles. The van der Waals surface area contributed by atoms with Gasteiger partial charge in [0.15, 0.2) is 5.60 Å². The number of nitrogens with zero attached hydrogens (tertiary/aromatic N) is 2. The van der Waals surface area contributed by atoms with Crippen molar-refractivity contribution in [1.82, 2.24) is 4.90 Å². The summed E-state index contributed by atoms with van der Waals surface area (Å²) in [6.45, 7) is 0.0396. The highest BCUT2D eigenvalue weighted by Crippen LogP contribution is 2.53. The monoisotopic (exact) mass is 547 g/mol. The van der Waals surface area contributed by atoms with Crippen LogP contribution in [0.3, 0.4) is 0 Å². The molecular weight excluding hydrogens is 514 g/mol. The number of nitrogens with two attached hydrogens (primary N) is 1. The minimum atomic E-state index is -2.66. The van der Waals surface area contributed by atoms with Crippen molar-refractivity contribution in [3.8, 4) is 5.75 Å². The number of rotatable bonds is 6. The number of benzene rings is 2. The molecule has 210 valence electrons. The zero-order valence-corrected chi connectivity index (χ0v) is 22.8. The third-order valence-electron chi connectivity index (χ3n) is 8.27. The predicted octanol–water partition coefficient (Wildman–Crippen LogP) is 1.69. The second kappa shape index (κ2) is 9.79. The van der Waals surface area contributed by atoms with Gasteiger partial charge in [-0.15, -0.1) is 0 Å². The van der Waals surface area contributed by atoms with Gasteiger partial charge in [0.2, 0.25) is 11.6 Å². The molecule has 4 unspecified atom stereocenters. The molecule has 1 amide bonds. The number of fused-ring (bicyclic) bond motifs is 3. The number of anilines is 1. The molecule has 0 radical (unpaired) electrons. The van der Waals surface area contributed by atoms with E-state index in [9.17, 15) is 29.7 Å². The summed E-state index contributed by atoms with van der Waals surface area (Å²) in [5.41, 5.74) is 4.59. The molecule has 0 heterocycles. The first-order valence-electron chi connectivity index (χ1n) is 13.0. The van der Waals surface area contributed by atoms with E-state index in [1.54, 1.807) is 25.1 Å². The Morgan fingerprint density at radius 1 is 1.05 bits per heavy atom. The molecule has 2 aromatic rings. The van der Waals surface area contributed by atoms with Crippen LogP contribution in [0, 0.1) is 11.8 Å². The second-order valence-corrected chi connectivity index (χ2v) is 11.1. The number of carbonyl (C=O) groups is 3. The van der Waals surface area contributed by atoms with Gasteiger partial charge in [-0.3, -0.25) is 19.3 Å². The zero-order chi connectivity index (χ0) is 29.1. The lowest BCUT2D eigenvalue weighted by molar-refractivity contribution is -0.162. The minimum absolute atomic E-state index is 0.00770. The fourth-order valence-electron chi connectivity index (χ4n) is 6.52. The maximum atomic E-state index is 14.1. The number of hydrogen-bond acceptors (Lipinski definition) is 9. The number of phenols is 1. The van der Waals surface area contributed by atoms with Crippen LogP contribution in [-0.2, 0) is 32.1 Å². The van der Waals surface area contributed by atoms with E-state index in [2.05, 4.69) is 0 Å². The van der Waals surface area contributed by atoms with Crippen molar-refractivity contribution in [3.05, 3.63) is 76.1 Å². The molecule has 3 aliphatic carbocycles. The highest BCUT2D eigenvalue weighted by molar-refractivity contribution is 6.33. The summed E-state index contributed by atoms with van der Waals surface area (Å²) < 4.78 is 6.09. The predicted molar refractivity (Wildman–Crippen MR) is 147 cm³/mol. The highest BCUT2D eigenvalue weighted by Gasteiger charge is 2.65. The van der Waals surface area contributed by atoms with E-state index >= 15 is 0 Å². The van der Waals surface area contributed by atoms with Crippen LogP contribution in [0.4, 0.5) is 5.69 Å². The Hall–Kier alpha value is -4.15. The van der Waals surface area contributed by atoms with Crippen molar-refractivity contribution < 1.29 is 34.4 Å². The van der Waals surface area contributed by atoms with Crippen molar-refractivity contribution in [2.24, 2.45) is 17.6 Å². The Morgan fingerprint density at radius 3 is 2.33 bits per heavy atom. The van der Waals surface area contributed by atoms with Crippen LogP contribution in [0.5, 0.6) is 5.75 Å². The fourth-order valence-corrected chi connectivity index (χ4v) is 6.52. The van der Waals surface area contributed by atoms with Crippen LogP contribution >= 0.6 is 0 Å². The van der Waals surface area contributed by atoms with Crippen molar-refractivity contribution in [2.45, 2.75) is 31.1 Å². The number of hydrogen-bond donors (Lipinski definition) is 4. The first-order chi connectivity index (χ1) is 18.9. The summed E-state index contributed by atoms with van der Waals surface area (Å²) in [5.74, 6) is -5.52. The Labute approximate surface area is 232 Å². The Balaban J connectivity index is 1.67. The Morgan fingerprint density at radius 2 is 1.73 bits per heavy atom. The van der Waals surface area contributed by atoms with Gasteiger partial charge in [0.1, 0.15) is 29.4 Å². The Kier molecular flexibility index (Phi) is 6.71. The molecule has 10 heteroatoms. The molecule has 1 fully saturated rings. The number of aromatic hydroxyl groups is 1. The molecule has 10 nitrogen and oxygen atoms in total. The number of phenolic OH excluding ortho intramolecular Hbond substituents is 1. The summed E-state index contributed by atoms with van der Waals surface area (Å²) in [4.78, 5) is 44.2. The van der Waals surface area contributed by atoms with Gasteiger partial charge in [0.25, 0.3) is 5.91 Å². The van der Waals surface area contributed by atoms with E-state index in [0.717, 1.165) is 11.3 Å². The number of ether oxygens (including phenoxy) is 1. The number of ketones is 2. The molecule has 0 aliphatic heterocycles. The first kappa shape index (κ1) is 27.4. The van der Waals surface area contributed by atoms with Crippen LogP contribution in [0.2, 0.25) is 0 Å². The third kappa shape index (κ3) is 3.98. The maximum absolute atomic E-state index is 14.1. The lowest BCUT2D eigenvalue weighted by Crippen LogP contribution is -2.67. The van der Waals surface area contributed by atoms with Gasteiger partial charge in [-0.1, -0.05) is 30.3 Å². The first-order valence-corrected chi connectivity index (χ1v) is 13.0. The van der Waals surface area contributed by atoms with Crippen molar-refractivity contribution >= 4 is 28.9 Å². The summed E-state index contributed by atoms with van der Waals surface area (Å²) in [7, 11) is 7.08. The van der Waals surface area contributed by atoms with Crippen molar-refractivity contribution in [3.63, 3.8) is 0 Å². The molecule has 5 rings (SSSR count). The van der Waals surface area contributed by atoms with Crippen molar-refractivity contribution in [2.75, 3.05) is 33.1 Å². The van der Waals surface area contributed by atoms with Gasteiger partial charge in [0, 0.05) is 31.3 Å². The third-order valence-corrected chi connectivity index (χ3v) is 8.27.